The average molecular weight is 315 g/mol. The first kappa shape index (κ1) is 15.2. The Balaban J connectivity index is 1.78. The highest BCUT2D eigenvalue weighted by Crippen LogP contribution is 2.27. The zero-order valence-corrected chi connectivity index (χ0v) is 13.8. The van der Waals surface area contributed by atoms with Crippen molar-refractivity contribution in [2.45, 2.75) is 37.1 Å². The van der Waals surface area contributed by atoms with E-state index in [4.69, 9.17) is 0 Å². The molecule has 1 atom stereocenters. The van der Waals surface area contributed by atoms with Crippen LogP contribution >= 0.6 is 11.8 Å². The molecule has 2 heterocycles. The van der Waals surface area contributed by atoms with Gasteiger partial charge in [-0.3, -0.25) is 9.36 Å². The summed E-state index contributed by atoms with van der Waals surface area (Å²) in [5.41, 5.74) is 2.31. The summed E-state index contributed by atoms with van der Waals surface area (Å²) in [6.45, 7) is 5.86. The summed E-state index contributed by atoms with van der Waals surface area (Å²) in [4.78, 5) is 18.9. The molecule has 1 aromatic carbocycles. The minimum absolute atomic E-state index is 0.108. The first-order valence-corrected chi connectivity index (χ1v) is 8.59. The zero-order valence-electron chi connectivity index (χ0n) is 13.0. The van der Waals surface area contributed by atoms with Gasteiger partial charge in [0.25, 0.3) is 0 Å². The van der Waals surface area contributed by atoms with Gasteiger partial charge in [-0.05, 0) is 38.3 Å². The molecule has 1 amide bonds. The number of thioether (sulfide) groups is 1. The molecule has 1 unspecified atom stereocenters. The minimum Gasteiger partial charge on any atom is -0.342 e. The molecular formula is C17H21N3OS. The number of aromatic nitrogens is 2. The average Bonchev–Trinajstić information content (AvgIpc) is 3.18. The molecule has 1 saturated heterocycles. The molecule has 0 radical (unpaired) electrons. The number of carbonyl (C=O) groups excluding carboxylic acids is 1. The highest BCUT2D eigenvalue weighted by molar-refractivity contribution is 8.00. The van der Waals surface area contributed by atoms with E-state index in [1.807, 2.05) is 30.2 Å². The maximum atomic E-state index is 12.5. The van der Waals surface area contributed by atoms with Crippen LogP contribution in [0, 0.1) is 6.92 Å². The van der Waals surface area contributed by atoms with E-state index in [0.717, 1.165) is 36.8 Å². The van der Waals surface area contributed by atoms with Crippen molar-refractivity contribution in [3.05, 3.63) is 42.2 Å². The second-order valence-electron chi connectivity index (χ2n) is 5.66. The number of para-hydroxylation sites is 1. The van der Waals surface area contributed by atoms with Crippen molar-refractivity contribution in [2.24, 2.45) is 0 Å². The fraction of sp³-hybridized carbons (Fsp3) is 0.412. The highest BCUT2D eigenvalue weighted by atomic mass is 32.2. The van der Waals surface area contributed by atoms with Crippen LogP contribution in [0.3, 0.4) is 0 Å². The third-order valence-electron chi connectivity index (χ3n) is 4.03. The lowest BCUT2D eigenvalue weighted by molar-refractivity contribution is -0.129. The van der Waals surface area contributed by atoms with Gasteiger partial charge in [-0.15, -0.1) is 0 Å². The van der Waals surface area contributed by atoms with Gasteiger partial charge in [0.15, 0.2) is 5.16 Å². The van der Waals surface area contributed by atoms with Crippen LogP contribution in [0.5, 0.6) is 0 Å². The predicted octanol–water partition coefficient (Wildman–Crippen LogP) is 3.28. The van der Waals surface area contributed by atoms with Gasteiger partial charge in [-0.2, -0.15) is 0 Å². The Bertz CT molecular complexity index is 661. The van der Waals surface area contributed by atoms with Gasteiger partial charge in [-0.25, -0.2) is 4.98 Å². The lowest BCUT2D eigenvalue weighted by Crippen LogP contribution is -2.34. The molecule has 0 N–H and O–H groups in total. The number of aryl methyl sites for hydroxylation is 1. The van der Waals surface area contributed by atoms with Crippen LogP contribution in [0.4, 0.5) is 0 Å². The molecule has 1 fully saturated rings. The third kappa shape index (κ3) is 3.04. The summed E-state index contributed by atoms with van der Waals surface area (Å²) in [5, 5.41) is 0.762. The van der Waals surface area contributed by atoms with E-state index in [-0.39, 0.29) is 11.2 Å². The van der Waals surface area contributed by atoms with E-state index < -0.39 is 0 Å². The van der Waals surface area contributed by atoms with Crippen LogP contribution in [0.15, 0.2) is 41.8 Å². The van der Waals surface area contributed by atoms with E-state index in [1.165, 1.54) is 17.3 Å². The van der Waals surface area contributed by atoms with E-state index >= 15 is 0 Å². The summed E-state index contributed by atoms with van der Waals surface area (Å²) >= 11 is 1.54. The molecule has 22 heavy (non-hydrogen) atoms. The quantitative estimate of drug-likeness (QED) is 0.813. The van der Waals surface area contributed by atoms with Crippen molar-refractivity contribution in [2.75, 3.05) is 13.1 Å². The monoisotopic (exact) mass is 315 g/mol. The van der Waals surface area contributed by atoms with Crippen LogP contribution in [-0.4, -0.2) is 38.7 Å². The molecule has 116 valence electrons. The van der Waals surface area contributed by atoms with Crippen LogP contribution in [0.2, 0.25) is 0 Å². The molecule has 2 aromatic rings. The molecule has 3 rings (SSSR count). The summed E-state index contributed by atoms with van der Waals surface area (Å²) in [6.07, 6.45) is 6.00. The maximum absolute atomic E-state index is 12.5. The highest BCUT2D eigenvalue weighted by Gasteiger charge is 2.25. The van der Waals surface area contributed by atoms with Crippen LogP contribution < -0.4 is 0 Å². The van der Waals surface area contributed by atoms with Gasteiger partial charge in [0, 0.05) is 25.5 Å². The first-order chi connectivity index (χ1) is 10.7. The van der Waals surface area contributed by atoms with E-state index in [2.05, 4.69) is 28.6 Å². The fourth-order valence-electron chi connectivity index (χ4n) is 2.80. The topological polar surface area (TPSA) is 38.1 Å². The smallest absolute Gasteiger partial charge is 0.235 e. The molecule has 0 bridgehead atoms. The van der Waals surface area contributed by atoms with Crippen molar-refractivity contribution < 1.29 is 4.79 Å². The molecular weight excluding hydrogens is 294 g/mol. The van der Waals surface area contributed by atoms with Crippen LogP contribution in [0.25, 0.3) is 5.69 Å². The van der Waals surface area contributed by atoms with Crippen molar-refractivity contribution in [3.8, 4) is 5.69 Å². The van der Waals surface area contributed by atoms with Gasteiger partial charge in [0.05, 0.1) is 10.9 Å². The number of benzene rings is 1. The number of rotatable bonds is 4. The third-order valence-corrected chi connectivity index (χ3v) is 5.10. The zero-order chi connectivity index (χ0) is 15.5. The van der Waals surface area contributed by atoms with Crippen LogP contribution in [-0.2, 0) is 4.79 Å². The Labute approximate surface area is 135 Å². The second kappa shape index (κ2) is 6.57. The minimum atomic E-state index is -0.108. The van der Waals surface area contributed by atoms with Crippen LogP contribution in [0.1, 0.15) is 25.3 Å². The van der Waals surface area contributed by atoms with E-state index in [1.54, 1.807) is 6.20 Å². The Morgan fingerprint density at radius 3 is 2.73 bits per heavy atom. The largest absolute Gasteiger partial charge is 0.342 e. The number of hydrogen-bond acceptors (Lipinski definition) is 3. The molecule has 1 aliphatic rings. The molecule has 1 aliphatic heterocycles. The normalized spacial score (nSPS) is 16.0. The van der Waals surface area contributed by atoms with E-state index in [9.17, 15) is 4.79 Å². The Kier molecular flexibility index (Phi) is 4.52. The summed E-state index contributed by atoms with van der Waals surface area (Å²) in [7, 11) is 0. The molecule has 1 aromatic heterocycles. The SMILES string of the molecule is Cc1ccccc1-n1ccnc1SC(C)C(=O)N1CCCC1. The van der Waals surface area contributed by atoms with Gasteiger partial charge < -0.3 is 4.90 Å². The summed E-state index contributed by atoms with van der Waals surface area (Å²) in [5.74, 6) is 0.224. The summed E-state index contributed by atoms with van der Waals surface area (Å²) in [6, 6.07) is 8.22. The maximum Gasteiger partial charge on any atom is 0.235 e. The standard InChI is InChI=1S/C17H21N3OS/c1-13-7-3-4-8-15(13)20-12-9-18-17(20)22-14(2)16(21)19-10-5-6-11-19/h3-4,7-9,12,14H,5-6,10-11H2,1-2H3. The number of amides is 1. The van der Waals surface area contributed by atoms with Gasteiger partial charge in [0.2, 0.25) is 5.91 Å². The first-order valence-electron chi connectivity index (χ1n) is 7.71. The fourth-order valence-corrected chi connectivity index (χ4v) is 3.76. The van der Waals surface area contributed by atoms with Crippen molar-refractivity contribution in [3.63, 3.8) is 0 Å². The van der Waals surface area contributed by atoms with Gasteiger partial charge in [0.1, 0.15) is 0 Å². The van der Waals surface area contributed by atoms with Gasteiger partial charge >= 0.3 is 0 Å². The molecule has 5 heteroatoms. The van der Waals surface area contributed by atoms with Crippen molar-refractivity contribution >= 4 is 17.7 Å². The Morgan fingerprint density at radius 2 is 2.00 bits per heavy atom. The second-order valence-corrected chi connectivity index (χ2v) is 6.97. The molecule has 4 nitrogen and oxygen atoms in total. The lowest BCUT2D eigenvalue weighted by Gasteiger charge is -2.20. The Morgan fingerprint density at radius 1 is 1.27 bits per heavy atom. The molecule has 0 spiro atoms. The number of nitrogens with zero attached hydrogens (tertiary/aromatic N) is 3. The Hall–Kier alpha value is -1.75. The number of likely N-dealkylation sites (tertiary alicyclic amines) is 1. The number of hydrogen-bond donors (Lipinski definition) is 0. The number of imidazole rings is 1. The predicted molar refractivity (Wildman–Crippen MR) is 89.4 cm³/mol. The van der Waals surface area contributed by atoms with Crippen molar-refractivity contribution in [1.29, 1.82) is 0 Å². The summed E-state index contributed by atoms with van der Waals surface area (Å²) < 4.78 is 2.06. The lowest BCUT2D eigenvalue weighted by atomic mass is 10.2. The van der Waals surface area contributed by atoms with Gasteiger partial charge in [-0.1, -0.05) is 30.0 Å². The molecule has 0 aliphatic carbocycles. The number of carbonyl (C=O) groups is 1. The molecule has 0 saturated carbocycles. The van der Waals surface area contributed by atoms with E-state index in [0.29, 0.717) is 0 Å². The van der Waals surface area contributed by atoms with Crippen molar-refractivity contribution in [1.82, 2.24) is 14.5 Å².